The van der Waals surface area contributed by atoms with Crippen molar-refractivity contribution in [3.63, 3.8) is 0 Å². The molecule has 1 aromatic heterocycles. The van der Waals surface area contributed by atoms with Crippen LogP contribution < -0.4 is 5.73 Å². The summed E-state index contributed by atoms with van der Waals surface area (Å²) in [6, 6.07) is 3.58. The molecule has 5 nitrogen and oxygen atoms in total. The molecule has 2 N–H and O–H groups in total. The van der Waals surface area contributed by atoms with Crippen molar-refractivity contribution in [1.82, 2.24) is 9.88 Å². The number of aryl methyl sites for hydroxylation is 1. The van der Waals surface area contributed by atoms with Gasteiger partial charge in [-0.3, -0.25) is 9.78 Å². The molecule has 0 spiro atoms. The summed E-state index contributed by atoms with van der Waals surface area (Å²) in [7, 11) is 1.60. The van der Waals surface area contributed by atoms with E-state index in [0.29, 0.717) is 36.7 Å². The summed E-state index contributed by atoms with van der Waals surface area (Å²) in [5, 5.41) is 0. The first-order valence-electron chi connectivity index (χ1n) is 6.03. The van der Waals surface area contributed by atoms with Crippen molar-refractivity contribution in [2.24, 2.45) is 5.73 Å². The van der Waals surface area contributed by atoms with Crippen LogP contribution in [-0.4, -0.2) is 47.6 Å². The zero-order valence-electron chi connectivity index (χ0n) is 11.3. The van der Waals surface area contributed by atoms with Crippen molar-refractivity contribution in [3.05, 3.63) is 29.6 Å². The van der Waals surface area contributed by atoms with Crippen molar-refractivity contribution in [2.45, 2.75) is 13.3 Å². The maximum absolute atomic E-state index is 12.3. The minimum Gasteiger partial charge on any atom is -0.393 e. The number of nitrogens with zero attached hydrogens (tertiary/aromatic N) is 2. The van der Waals surface area contributed by atoms with E-state index in [4.69, 9.17) is 22.7 Å². The predicted molar refractivity (Wildman–Crippen MR) is 78.2 cm³/mol. The number of rotatable bonds is 7. The molecule has 1 heterocycles. The number of aromatic nitrogens is 1. The lowest BCUT2D eigenvalue weighted by atomic mass is 10.2. The Kier molecular flexibility index (Phi) is 6.38. The molecule has 104 valence electrons. The zero-order valence-corrected chi connectivity index (χ0v) is 12.1. The maximum atomic E-state index is 12.3. The first-order valence-corrected chi connectivity index (χ1v) is 6.44. The van der Waals surface area contributed by atoms with Crippen LogP contribution in [0.25, 0.3) is 0 Å². The van der Waals surface area contributed by atoms with Gasteiger partial charge in [-0.25, -0.2) is 0 Å². The van der Waals surface area contributed by atoms with E-state index in [0.717, 1.165) is 5.69 Å². The van der Waals surface area contributed by atoms with Crippen molar-refractivity contribution in [3.8, 4) is 0 Å². The van der Waals surface area contributed by atoms with Crippen molar-refractivity contribution < 1.29 is 9.53 Å². The van der Waals surface area contributed by atoms with Crippen LogP contribution in [0.5, 0.6) is 0 Å². The van der Waals surface area contributed by atoms with Crippen LogP contribution in [0.15, 0.2) is 18.3 Å². The number of carbonyl (C=O) groups excluding carboxylic acids is 1. The number of hydrogen-bond acceptors (Lipinski definition) is 4. The van der Waals surface area contributed by atoms with Gasteiger partial charge < -0.3 is 15.4 Å². The predicted octanol–water partition coefficient (Wildman–Crippen LogP) is 1.15. The number of methoxy groups -OCH3 is 1. The minimum absolute atomic E-state index is 0.0826. The van der Waals surface area contributed by atoms with E-state index < -0.39 is 0 Å². The average Bonchev–Trinajstić information content (AvgIpc) is 2.39. The molecule has 1 aromatic rings. The Bertz CT molecular complexity index is 434. The number of hydrogen-bond donors (Lipinski definition) is 1. The molecule has 6 heteroatoms. The van der Waals surface area contributed by atoms with E-state index >= 15 is 0 Å². The zero-order chi connectivity index (χ0) is 14.3. The van der Waals surface area contributed by atoms with Gasteiger partial charge in [0, 0.05) is 38.5 Å². The quantitative estimate of drug-likeness (QED) is 0.759. The van der Waals surface area contributed by atoms with Crippen molar-refractivity contribution in [1.29, 1.82) is 0 Å². The SMILES string of the molecule is COCCN(CCC(N)=S)C(=O)c1ccc(C)nc1. The normalized spacial score (nSPS) is 10.2. The Balaban J connectivity index is 2.74. The first-order chi connectivity index (χ1) is 9.04. The average molecular weight is 281 g/mol. The summed E-state index contributed by atoms with van der Waals surface area (Å²) in [6.45, 7) is 3.35. The molecular weight excluding hydrogens is 262 g/mol. The summed E-state index contributed by atoms with van der Waals surface area (Å²) in [5.41, 5.74) is 6.92. The van der Waals surface area contributed by atoms with Crippen LogP contribution >= 0.6 is 12.2 Å². The van der Waals surface area contributed by atoms with Gasteiger partial charge in [0.1, 0.15) is 0 Å². The third-order valence-corrected chi connectivity index (χ3v) is 2.84. The molecule has 0 saturated heterocycles. The summed E-state index contributed by atoms with van der Waals surface area (Å²) < 4.78 is 5.01. The smallest absolute Gasteiger partial charge is 0.255 e. The highest BCUT2D eigenvalue weighted by Gasteiger charge is 2.15. The molecule has 0 aliphatic rings. The molecule has 0 bridgehead atoms. The molecule has 0 atom stereocenters. The van der Waals surface area contributed by atoms with Gasteiger partial charge in [0.15, 0.2) is 0 Å². The molecular formula is C13H19N3O2S. The topological polar surface area (TPSA) is 68.5 Å². The Labute approximate surface area is 118 Å². The molecule has 0 unspecified atom stereocenters. The van der Waals surface area contributed by atoms with Crippen LogP contribution in [0.1, 0.15) is 22.5 Å². The number of carbonyl (C=O) groups is 1. The molecule has 1 rings (SSSR count). The highest BCUT2D eigenvalue weighted by Crippen LogP contribution is 2.06. The lowest BCUT2D eigenvalue weighted by Crippen LogP contribution is -2.36. The van der Waals surface area contributed by atoms with E-state index in [2.05, 4.69) is 4.98 Å². The number of ether oxygens (including phenoxy) is 1. The molecule has 0 aromatic carbocycles. The first kappa shape index (κ1) is 15.5. The molecule has 0 aliphatic carbocycles. The number of amides is 1. The van der Waals surface area contributed by atoms with Gasteiger partial charge in [0.2, 0.25) is 0 Å². The van der Waals surface area contributed by atoms with E-state index in [1.807, 2.05) is 13.0 Å². The standard InChI is InChI=1S/C13H19N3O2S/c1-10-3-4-11(9-15-10)13(17)16(7-8-18-2)6-5-12(14)19/h3-4,9H,5-8H2,1-2H3,(H2,14,19). The van der Waals surface area contributed by atoms with Gasteiger partial charge in [0.25, 0.3) is 5.91 Å². The highest BCUT2D eigenvalue weighted by molar-refractivity contribution is 7.80. The lowest BCUT2D eigenvalue weighted by Gasteiger charge is -2.22. The van der Waals surface area contributed by atoms with Crippen LogP contribution in [-0.2, 0) is 4.74 Å². The van der Waals surface area contributed by atoms with E-state index in [1.54, 1.807) is 24.3 Å². The van der Waals surface area contributed by atoms with Gasteiger partial charge >= 0.3 is 0 Å². The van der Waals surface area contributed by atoms with Crippen LogP contribution in [0.3, 0.4) is 0 Å². The second kappa shape index (κ2) is 7.81. The molecule has 0 radical (unpaired) electrons. The fraction of sp³-hybridized carbons (Fsp3) is 0.462. The number of thiocarbonyl (C=S) groups is 1. The van der Waals surface area contributed by atoms with E-state index in [9.17, 15) is 4.79 Å². The summed E-state index contributed by atoms with van der Waals surface area (Å²) >= 11 is 4.84. The van der Waals surface area contributed by atoms with E-state index in [-0.39, 0.29) is 5.91 Å². The number of nitrogens with two attached hydrogens (primary N) is 1. The monoisotopic (exact) mass is 281 g/mol. The van der Waals surface area contributed by atoms with Crippen LogP contribution in [0, 0.1) is 6.92 Å². The van der Waals surface area contributed by atoms with E-state index in [1.165, 1.54) is 0 Å². The van der Waals surface area contributed by atoms with Crippen molar-refractivity contribution >= 4 is 23.1 Å². The molecule has 0 fully saturated rings. The summed E-state index contributed by atoms with van der Waals surface area (Å²) in [4.78, 5) is 18.5. The largest absolute Gasteiger partial charge is 0.393 e. The number of pyridine rings is 1. The Morgan fingerprint density at radius 3 is 2.74 bits per heavy atom. The fourth-order valence-corrected chi connectivity index (χ4v) is 1.63. The summed E-state index contributed by atoms with van der Waals surface area (Å²) in [6.07, 6.45) is 2.09. The molecule has 0 aliphatic heterocycles. The highest BCUT2D eigenvalue weighted by atomic mass is 32.1. The third-order valence-electron chi connectivity index (χ3n) is 2.64. The van der Waals surface area contributed by atoms with Crippen LogP contribution in [0.2, 0.25) is 0 Å². The minimum atomic E-state index is -0.0826. The van der Waals surface area contributed by atoms with Gasteiger partial charge in [-0.15, -0.1) is 0 Å². The summed E-state index contributed by atoms with van der Waals surface area (Å²) in [5.74, 6) is -0.0826. The van der Waals surface area contributed by atoms with Gasteiger partial charge in [-0.1, -0.05) is 12.2 Å². The van der Waals surface area contributed by atoms with Gasteiger partial charge in [0.05, 0.1) is 17.2 Å². The van der Waals surface area contributed by atoms with Gasteiger partial charge in [-0.05, 0) is 19.1 Å². The maximum Gasteiger partial charge on any atom is 0.255 e. The molecule has 1 amide bonds. The second-order valence-electron chi connectivity index (χ2n) is 4.19. The van der Waals surface area contributed by atoms with Crippen LogP contribution in [0.4, 0.5) is 0 Å². The Hall–Kier alpha value is -1.53. The molecule has 0 saturated carbocycles. The second-order valence-corrected chi connectivity index (χ2v) is 4.71. The lowest BCUT2D eigenvalue weighted by molar-refractivity contribution is 0.0701. The molecule has 19 heavy (non-hydrogen) atoms. The third kappa shape index (κ3) is 5.32. The fourth-order valence-electron chi connectivity index (χ4n) is 1.54. The Morgan fingerprint density at radius 2 is 2.21 bits per heavy atom. The van der Waals surface area contributed by atoms with Gasteiger partial charge in [-0.2, -0.15) is 0 Å². The Morgan fingerprint density at radius 1 is 1.47 bits per heavy atom. The van der Waals surface area contributed by atoms with Crippen molar-refractivity contribution in [2.75, 3.05) is 26.8 Å².